The Labute approximate surface area is 568 Å². The summed E-state index contributed by atoms with van der Waals surface area (Å²) in [6, 6.07) is 63.6. The van der Waals surface area contributed by atoms with E-state index >= 15 is 0 Å². The maximum Gasteiger partial charge on any atom is 0.286 e. The number of rotatable bonds is 16. The van der Waals surface area contributed by atoms with Crippen LogP contribution in [0.1, 0.15) is 239 Å². The summed E-state index contributed by atoms with van der Waals surface area (Å²) in [6.45, 7) is 7.92. The number of fused-ring (bicyclic) bond motifs is 3. The quantitative estimate of drug-likeness (QED) is 0.0866. The number of nitrogens with one attached hydrogen (secondary N) is 3. The van der Waals surface area contributed by atoms with Gasteiger partial charge in [0.25, 0.3) is 17.7 Å². The molecular weight excluding hydrogens is 1190 g/mol. The summed E-state index contributed by atoms with van der Waals surface area (Å²) in [5.41, 5.74) is 22.8. The molecule has 4 atom stereocenters. The number of hydrazine groups is 2. The maximum atomic E-state index is 13.5. The number of aromatic nitrogens is 6. The molecule has 1 saturated carbocycles. The highest BCUT2D eigenvalue weighted by molar-refractivity contribution is 5.95. The topological polar surface area (TPSA) is 147 Å². The third kappa shape index (κ3) is 16.0. The Balaban J connectivity index is 0.000000130. The summed E-state index contributed by atoms with van der Waals surface area (Å²) in [5.74, 6) is 1.31. The number of hydrogen-bond donors (Lipinski definition) is 3. The highest BCUT2D eigenvalue weighted by Crippen LogP contribution is 2.42. The summed E-state index contributed by atoms with van der Waals surface area (Å²) in [5, 5.41) is 22.3. The van der Waals surface area contributed by atoms with Crippen LogP contribution in [0.25, 0.3) is 0 Å². The minimum atomic E-state index is -0.0568. The Bertz CT molecular complexity index is 3940. The first-order valence-electron chi connectivity index (χ1n) is 36.3. The van der Waals surface area contributed by atoms with Gasteiger partial charge in [-0.1, -0.05) is 221 Å². The van der Waals surface area contributed by atoms with E-state index in [0.29, 0.717) is 42.6 Å². The van der Waals surface area contributed by atoms with Crippen LogP contribution in [-0.4, -0.2) is 89.3 Å². The zero-order valence-electron chi connectivity index (χ0n) is 56.3. The van der Waals surface area contributed by atoms with Gasteiger partial charge in [0.1, 0.15) is 0 Å². The van der Waals surface area contributed by atoms with Crippen LogP contribution in [0.5, 0.6) is 0 Å². The van der Waals surface area contributed by atoms with Gasteiger partial charge in [-0.25, -0.2) is 10.0 Å². The molecule has 3 N–H and O–H groups in total. The second-order valence-corrected chi connectivity index (χ2v) is 27.6. The van der Waals surface area contributed by atoms with Crippen molar-refractivity contribution in [3.8, 4) is 0 Å². The molecule has 498 valence electrons. The van der Waals surface area contributed by atoms with Crippen molar-refractivity contribution in [2.75, 3.05) is 26.2 Å². The molecule has 4 aliphatic carbocycles. The second-order valence-electron chi connectivity index (χ2n) is 27.6. The predicted octanol–water partition coefficient (Wildman–Crippen LogP) is 15.5. The van der Waals surface area contributed by atoms with Gasteiger partial charge in [-0.05, 0) is 143 Å². The van der Waals surface area contributed by atoms with E-state index in [1.165, 1.54) is 102 Å². The lowest BCUT2D eigenvalue weighted by atomic mass is 9.81. The van der Waals surface area contributed by atoms with Gasteiger partial charge in [0.15, 0.2) is 17.1 Å². The SMILES string of the molecule is CC(NC(=O)c1nn(Cc2ccccc2)c2c1CCCC2c1ccccc1)C1CCCCC1.O=C(NN1CCCCC1)c1nn(Cc2ccccc2)c2c1CCCC2c1ccccc1.O=C(NN1CCCCCC1)c1nn(Cc2ccccc2)c2c1CCCC2c1ccccc1. The van der Waals surface area contributed by atoms with Crippen molar-refractivity contribution >= 4 is 17.7 Å². The minimum Gasteiger partial charge on any atom is -0.348 e. The fourth-order valence-electron chi connectivity index (χ4n) is 16.1. The molecule has 96 heavy (non-hydrogen) atoms. The van der Waals surface area contributed by atoms with E-state index < -0.39 is 0 Å². The summed E-state index contributed by atoms with van der Waals surface area (Å²) >= 11 is 0. The van der Waals surface area contributed by atoms with Gasteiger partial charge in [0, 0.05) is 66.7 Å². The van der Waals surface area contributed by atoms with Gasteiger partial charge in [-0.2, -0.15) is 15.3 Å². The van der Waals surface area contributed by atoms with Crippen molar-refractivity contribution in [3.05, 3.63) is 266 Å². The molecular formula is C82H97N11O3. The lowest BCUT2D eigenvalue weighted by Gasteiger charge is -2.28. The van der Waals surface area contributed by atoms with Crippen LogP contribution in [0.15, 0.2) is 182 Å². The standard InChI is InChI=1S/C29H35N3O.C27H32N4O.C26H30N4O/c1-21(23-14-7-3-8-15-23)30-29(33)27-26-19-11-18-25(24-16-9-4-10-17-24)28(26)32(31-27)20-22-12-5-2-6-13-22;32-27(29-30-18-9-1-2-10-19-30)25-24-17-11-16-23(22-14-7-4-8-15-22)26(24)31(28-25)20-21-12-5-3-6-13-21;31-26(28-29-17-8-3-9-18-29)24-23-16-10-15-22(21-13-6-2-7-14-21)25(23)30(27-24)19-20-11-4-1-5-12-20/h2,4-6,9-10,12-13,16-17,21,23,25H,3,7-8,11,14-15,18-20H2,1H3,(H,30,33);3-8,12-15,23H,1-2,9-11,16-20H2,(H,29,32);1-2,4-7,11-14,22H,3,8-10,15-19H2,(H,28,31). The van der Waals surface area contributed by atoms with Gasteiger partial charge >= 0.3 is 0 Å². The Hall–Kier alpha value is -8.72. The summed E-state index contributed by atoms with van der Waals surface area (Å²) in [4.78, 5) is 40.1. The van der Waals surface area contributed by atoms with Crippen LogP contribution in [0, 0.1) is 5.92 Å². The first kappa shape index (κ1) is 65.9. The van der Waals surface area contributed by atoms with Crippen LogP contribution < -0.4 is 16.2 Å². The monoisotopic (exact) mass is 1280 g/mol. The molecule has 5 heterocycles. The fraction of sp³-hybridized carbons (Fsp3) is 0.415. The number of carbonyl (C=O) groups is 3. The van der Waals surface area contributed by atoms with E-state index in [-0.39, 0.29) is 41.5 Å². The smallest absolute Gasteiger partial charge is 0.286 e. The molecule has 0 radical (unpaired) electrons. The molecule has 14 nitrogen and oxygen atoms in total. The molecule has 2 aliphatic heterocycles. The molecule has 0 spiro atoms. The Morgan fingerprint density at radius 1 is 0.365 bits per heavy atom. The molecule has 6 aliphatic rings. The van der Waals surface area contributed by atoms with Crippen molar-refractivity contribution in [1.29, 1.82) is 0 Å². The lowest BCUT2D eigenvalue weighted by Crippen LogP contribution is -2.45. The van der Waals surface area contributed by atoms with E-state index in [1.54, 1.807) is 0 Å². The van der Waals surface area contributed by atoms with Crippen LogP contribution in [0.2, 0.25) is 0 Å². The molecule has 0 bridgehead atoms. The molecule has 15 rings (SSSR count). The first-order valence-corrected chi connectivity index (χ1v) is 36.3. The van der Waals surface area contributed by atoms with Crippen LogP contribution in [0.4, 0.5) is 0 Å². The highest BCUT2D eigenvalue weighted by atomic mass is 16.2. The molecule has 3 fully saturated rings. The molecule has 3 amide bonds. The summed E-state index contributed by atoms with van der Waals surface area (Å²) < 4.78 is 6.30. The van der Waals surface area contributed by atoms with E-state index in [0.717, 1.165) is 126 Å². The van der Waals surface area contributed by atoms with Gasteiger partial charge < -0.3 is 5.32 Å². The lowest BCUT2D eigenvalue weighted by molar-refractivity contribution is 0.0741. The average molecular weight is 1280 g/mol. The van der Waals surface area contributed by atoms with Gasteiger partial charge in [0.2, 0.25) is 0 Å². The molecule has 6 aromatic carbocycles. The Morgan fingerprint density at radius 3 is 0.990 bits per heavy atom. The number of nitrogens with zero attached hydrogens (tertiary/aromatic N) is 8. The van der Waals surface area contributed by atoms with Gasteiger partial charge in [-0.3, -0.25) is 39.3 Å². The number of carbonyl (C=O) groups excluding carboxylic acids is 3. The van der Waals surface area contributed by atoms with E-state index in [2.05, 4.69) is 211 Å². The zero-order valence-corrected chi connectivity index (χ0v) is 56.3. The third-order valence-corrected chi connectivity index (χ3v) is 21.0. The number of benzene rings is 6. The van der Waals surface area contributed by atoms with E-state index in [4.69, 9.17) is 15.3 Å². The first-order chi connectivity index (χ1) is 47.3. The average Bonchev–Trinajstić information content (AvgIpc) is 1.61. The molecule has 9 aromatic rings. The highest BCUT2D eigenvalue weighted by Gasteiger charge is 2.36. The normalized spacial score (nSPS) is 19.3. The largest absolute Gasteiger partial charge is 0.348 e. The van der Waals surface area contributed by atoms with Crippen molar-refractivity contribution in [3.63, 3.8) is 0 Å². The van der Waals surface area contributed by atoms with Crippen molar-refractivity contribution < 1.29 is 14.4 Å². The fourth-order valence-corrected chi connectivity index (χ4v) is 16.1. The van der Waals surface area contributed by atoms with Crippen LogP contribution >= 0.6 is 0 Å². The van der Waals surface area contributed by atoms with Crippen molar-refractivity contribution in [2.45, 2.75) is 185 Å². The van der Waals surface area contributed by atoms with E-state index in [9.17, 15) is 14.4 Å². The van der Waals surface area contributed by atoms with Gasteiger partial charge in [0.05, 0.1) is 36.7 Å². The van der Waals surface area contributed by atoms with Crippen LogP contribution in [-0.2, 0) is 38.9 Å². The number of hydrogen-bond acceptors (Lipinski definition) is 8. The maximum absolute atomic E-state index is 13.5. The predicted molar refractivity (Wildman–Crippen MR) is 381 cm³/mol. The third-order valence-electron chi connectivity index (χ3n) is 21.0. The Morgan fingerprint density at radius 2 is 0.656 bits per heavy atom. The molecule has 3 aromatic heterocycles. The van der Waals surface area contributed by atoms with Crippen molar-refractivity contribution in [2.24, 2.45) is 5.92 Å². The van der Waals surface area contributed by atoms with Crippen molar-refractivity contribution in [1.82, 2.24) is 55.5 Å². The minimum absolute atomic E-state index is 0.00449. The summed E-state index contributed by atoms with van der Waals surface area (Å²) in [6.07, 6.45) is 23.9. The number of piperidine rings is 1. The van der Waals surface area contributed by atoms with Crippen LogP contribution in [0.3, 0.4) is 0 Å². The second kappa shape index (κ2) is 32.3. The zero-order chi connectivity index (χ0) is 65.4. The Kier molecular flexibility index (Phi) is 22.2. The molecule has 2 saturated heterocycles. The van der Waals surface area contributed by atoms with Gasteiger partial charge in [-0.15, -0.1) is 0 Å². The van der Waals surface area contributed by atoms with E-state index in [1.807, 2.05) is 18.2 Å². The molecule has 14 heteroatoms. The molecule has 4 unspecified atom stereocenters. The summed E-state index contributed by atoms with van der Waals surface area (Å²) in [7, 11) is 0. The number of amides is 3.